The van der Waals surface area contributed by atoms with Gasteiger partial charge in [0.1, 0.15) is 0 Å². The number of nitrogens with two attached hydrogens (primary N) is 1. The molecule has 0 spiro atoms. The van der Waals surface area contributed by atoms with Gasteiger partial charge in [0.15, 0.2) is 5.16 Å². The number of nitrogen functional groups attached to an aromatic ring is 1. The second kappa shape index (κ2) is 6.77. The molecule has 0 saturated heterocycles. The summed E-state index contributed by atoms with van der Waals surface area (Å²) in [6.45, 7) is 0. The van der Waals surface area contributed by atoms with Gasteiger partial charge in [0, 0.05) is 22.3 Å². The number of amides is 1. The van der Waals surface area contributed by atoms with Crippen molar-refractivity contribution in [2.75, 3.05) is 11.1 Å². The molecule has 20 heavy (non-hydrogen) atoms. The van der Waals surface area contributed by atoms with E-state index in [1.807, 2.05) is 6.07 Å². The Morgan fingerprint density at radius 2 is 1.75 bits per heavy atom. The lowest BCUT2D eigenvalue weighted by molar-refractivity contribution is -0.112. The summed E-state index contributed by atoms with van der Waals surface area (Å²) in [7, 11) is 0. The van der Waals surface area contributed by atoms with Crippen LogP contribution in [0.4, 0.5) is 15.8 Å². The van der Waals surface area contributed by atoms with Crippen LogP contribution < -0.4 is 11.1 Å². The van der Waals surface area contributed by atoms with Crippen LogP contribution in [-0.4, -0.2) is 5.91 Å². The van der Waals surface area contributed by atoms with Gasteiger partial charge < -0.3 is 11.1 Å². The Labute approximate surface area is 120 Å². The summed E-state index contributed by atoms with van der Waals surface area (Å²) >= 11 is 0.869. The molecule has 2 aromatic carbocycles. The highest BCUT2D eigenvalue weighted by atomic mass is 32.2. The van der Waals surface area contributed by atoms with Crippen molar-refractivity contribution >= 4 is 29.0 Å². The number of hydrogen-bond donors (Lipinski definition) is 2. The fraction of sp³-hybridized carbons (Fsp3) is 0. The third-order valence-corrected chi connectivity index (χ3v) is 3.20. The summed E-state index contributed by atoms with van der Waals surface area (Å²) in [4.78, 5) is 12.3. The van der Waals surface area contributed by atoms with E-state index in [-0.39, 0.29) is 0 Å². The van der Waals surface area contributed by atoms with Gasteiger partial charge in [-0.05, 0) is 36.4 Å². The van der Waals surface area contributed by atoms with Crippen molar-refractivity contribution < 1.29 is 9.18 Å². The van der Waals surface area contributed by atoms with E-state index in [1.165, 1.54) is 0 Å². The fourth-order valence-electron chi connectivity index (χ4n) is 1.48. The number of carbonyl (C=O) groups excluding carboxylic acids is 1. The molecule has 2 rings (SSSR count). The van der Waals surface area contributed by atoms with Gasteiger partial charge in [-0.1, -0.05) is 30.0 Å². The van der Waals surface area contributed by atoms with Gasteiger partial charge >= 0.3 is 0 Å². The maximum absolute atomic E-state index is 13.7. The van der Waals surface area contributed by atoms with Crippen LogP contribution in [0.15, 0.2) is 70.7 Å². The number of hydrogen-bond acceptors (Lipinski definition) is 3. The first-order chi connectivity index (χ1) is 9.63. The quantitative estimate of drug-likeness (QED) is 0.511. The Balaban J connectivity index is 1.96. The molecule has 5 heteroatoms. The highest BCUT2D eigenvalue weighted by Gasteiger charge is 2.04. The number of thioether (sulfide) groups is 1. The first-order valence-corrected chi connectivity index (χ1v) is 6.72. The highest BCUT2D eigenvalue weighted by Crippen LogP contribution is 2.27. The van der Waals surface area contributed by atoms with Crippen LogP contribution in [0.5, 0.6) is 0 Å². The molecule has 0 radical (unpaired) electrons. The Morgan fingerprint density at radius 1 is 1.10 bits per heavy atom. The monoisotopic (exact) mass is 288 g/mol. The standard InChI is InChI=1S/C15H13FN2OS/c16-14(20-13-8-6-11(17)7-9-13)10-15(19)18-12-4-2-1-3-5-12/h1-10H,17H2,(H,18,19). The maximum atomic E-state index is 13.7. The lowest BCUT2D eigenvalue weighted by Gasteiger charge is -2.02. The van der Waals surface area contributed by atoms with E-state index in [0.29, 0.717) is 16.3 Å². The molecule has 0 aliphatic heterocycles. The lowest BCUT2D eigenvalue weighted by Crippen LogP contribution is -2.07. The summed E-state index contributed by atoms with van der Waals surface area (Å²) in [5.41, 5.74) is 6.78. The Hall–Kier alpha value is -2.27. The highest BCUT2D eigenvalue weighted by molar-refractivity contribution is 8.02. The Bertz CT molecular complexity index is 612. The Morgan fingerprint density at radius 3 is 2.40 bits per heavy atom. The molecular formula is C15H13FN2OS. The van der Waals surface area contributed by atoms with E-state index in [1.54, 1.807) is 48.5 Å². The van der Waals surface area contributed by atoms with Gasteiger partial charge in [-0.15, -0.1) is 0 Å². The molecular weight excluding hydrogens is 275 g/mol. The SMILES string of the molecule is Nc1ccc(SC(F)=CC(=O)Nc2ccccc2)cc1. The average Bonchev–Trinajstić information content (AvgIpc) is 2.42. The van der Waals surface area contributed by atoms with Crippen molar-refractivity contribution in [2.24, 2.45) is 0 Å². The number of halogens is 1. The Kier molecular flexibility index (Phi) is 4.79. The van der Waals surface area contributed by atoms with Crippen LogP contribution >= 0.6 is 11.8 Å². The van der Waals surface area contributed by atoms with Crippen LogP contribution in [0.1, 0.15) is 0 Å². The maximum Gasteiger partial charge on any atom is 0.251 e. The number of anilines is 2. The average molecular weight is 288 g/mol. The molecule has 0 saturated carbocycles. The molecule has 3 N–H and O–H groups in total. The minimum atomic E-state index is -0.580. The van der Waals surface area contributed by atoms with Crippen molar-refractivity contribution in [3.05, 3.63) is 65.8 Å². The first-order valence-electron chi connectivity index (χ1n) is 5.90. The van der Waals surface area contributed by atoms with E-state index in [9.17, 15) is 9.18 Å². The topological polar surface area (TPSA) is 55.1 Å². The molecule has 0 fully saturated rings. The van der Waals surface area contributed by atoms with E-state index in [2.05, 4.69) is 5.32 Å². The van der Waals surface area contributed by atoms with Crippen molar-refractivity contribution in [2.45, 2.75) is 4.90 Å². The fourth-order valence-corrected chi connectivity index (χ4v) is 2.14. The molecule has 2 aromatic rings. The van der Waals surface area contributed by atoms with Crippen molar-refractivity contribution in [3.8, 4) is 0 Å². The lowest BCUT2D eigenvalue weighted by atomic mass is 10.3. The smallest absolute Gasteiger partial charge is 0.251 e. The van der Waals surface area contributed by atoms with Crippen LogP contribution in [0.25, 0.3) is 0 Å². The van der Waals surface area contributed by atoms with Crippen molar-refractivity contribution in [1.82, 2.24) is 0 Å². The van der Waals surface area contributed by atoms with E-state index in [4.69, 9.17) is 5.73 Å². The zero-order valence-corrected chi connectivity index (χ0v) is 11.4. The zero-order chi connectivity index (χ0) is 14.4. The van der Waals surface area contributed by atoms with Crippen LogP contribution in [-0.2, 0) is 4.79 Å². The largest absolute Gasteiger partial charge is 0.399 e. The third kappa shape index (κ3) is 4.44. The van der Waals surface area contributed by atoms with Crippen LogP contribution in [0, 0.1) is 0 Å². The summed E-state index contributed by atoms with van der Waals surface area (Å²) in [5.74, 6) is -0.503. The van der Waals surface area contributed by atoms with E-state index in [0.717, 1.165) is 17.8 Å². The summed E-state index contributed by atoms with van der Waals surface area (Å²) < 4.78 is 13.7. The molecule has 102 valence electrons. The first kappa shape index (κ1) is 14.1. The minimum absolute atomic E-state index is 0.503. The van der Waals surface area contributed by atoms with Crippen LogP contribution in [0.3, 0.4) is 0 Å². The van der Waals surface area contributed by atoms with Gasteiger partial charge in [-0.2, -0.15) is 4.39 Å². The number of nitrogens with one attached hydrogen (secondary N) is 1. The summed E-state index contributed by atoms with van der Waals surface area (Å²) in [6.07, 6.45) is 0.925. The van der Waals surface area contributed by atoms with E-state index < -0.39 is 11.1 Å². The predicted molar refractivity (Wildman–Crippen MR) is 81.0 cm³/mol. The molecule has 0 heterocycles. The normalized spacial score (nSPS) is 11.2. The number of rotatable bonds is 4. The summed E-state index contributed by atoms with van der Waals surface area (Å²) in [6, 6.07) is 15.6. The van der Waals surface area contributed by atoms with Crippen molar-refractivity contribution in [3.63, 3.8) is 0 Å². The molecule has 0 aliphatic rings. The molecule has 3 nitrogen and oxygen atoms in total. The molecule has 0 bridgehead atoms. The molecule has 0 aromatic heterocycles. The van der Waals surface area contributed by atoms with Gasteiger partial charge in [0.25, 0.3) is 5.91 Å². The third-order valence-electron chi connectivity index (χ3n) is 2.38. The second-order valence-electron chi connectivity index (χ2n) is 3.97. The number of carbonyl (C=O) groups is 1. The second-order valence-corrected chi connectivity index (χ2v) is 5.04. The molecule has 0 aliphatic carbocycles. The number of para-hydroxylation sites is 1. The number of benzene rings is 2. The van der Waals surface area contributed by atoms with Gasteiger partial charge in [-0.25, -0.2) is 0 Å². The molecule has 0 atom stereocenters. The molecule has 0 unspecified atom stereocenters. The van der Waals surface area contributed by atoms with Crippen molar-refractivity contribution in [1.29, 1.82) is 0 Å². The van der Waals surface area contributed by atoms with E-state index >= 15 is 0 Å². The zero-order valence-electron chi connectivity index (χ0n) is 10.5. The van der Waals surface area contributed by atoms with Gasteiger partial charge in [0.2, 0.25) is 0 Å². The van der Waals surface area contributed by atoms with Crippen LogP contribution in [0.2, 0.25) is 0 Å². The summed E-state index contributed by atoms with van der Waals surface area (Å²) in [5, 5.41) is 2.00. The van der Waals surface area contributed by atoms with Gasteiger partial charge in [0.05, 0.1) is 0 Å². The minimum Gasteiger partial charge on any atom is -0.399 e. The predicted octanol–water partition coefficient (Wildman–Crippen LogP) is 3.81. The van der Waals surface area contributed by atoms with Gasteiger partial charge in [-0.3, -0.25) is 4.79 Å². The molecule has 1 amide bonds.